The van der Waals surface area contributed by atoms with Crippen LogP contribution in [-0.2, 0) is 0 Å². The van der Waals surface area contributed by atoms with Crippen LogP contribution < -0.4 is 15.4 Å². The Morgan fingerprint density at radius 2 is 2.13 bits per heavy atom. The van der Waals surface area contributed by atoms with E-state index in [1.165, 1.54) is 6.33 Å². The quantitative estimate of drug-likeness (QED) is 0.742. The molecule has 0 saturated carbocycles. The summed E-state index contributed by atoms with van der Waals surface area (Å²) in [5, 5.41) is 0. The smallest absolute Gasteiger partial charge is 0.242 e. The van der Waals surface area contributed by atoms with Crippen molar-refractivity contribution in [2.75, 3.05) is 31.3 Å². The van der Waals surface area contributed by atoms with Gasteiger partial charge in [-0.25, -0.2) is 4.98 Å². The third-order valence-electron chi connectivity index (χ3n) is 1.99. The fourth-order valence-electron chi connectivity index (χ4n) is 1.16. The molecule has 5 nitrogen and oxygen atoms in total. The highest BCUT2D eigenvalue weighted by Crippen LogP contribution is 2.26. The van der Waals surface area contributed by atoms with Gasteiger partial charge >= 0.3 is 0 Å². The van der Waals surface area contributed by atoms with Crippen molar-refractivity contribution in [2.45, 2.75) is 19.8 Å². The van der Waals surface area contributed by atoms with Crippen LogP contribution in [0.4, 0.5) is 11.5 Å². The highest BCUT2D eigenvalue weighted by molar-refractivity contribution is 5.67. The lowest BCUT2D eigenvalue weighted by Gasteiger charge is -2.15. The van der Waals surface area contributed by atoms with E-state index in [4.69, 9.17) is 10.5 Å². The molecule has 0 amide bonds. The zero-order valence-corrected chi connectivity index (χ0v) is 9.53. The first-order chi connectivity index (χ1) is 7.16. The van der Waals surface area contributed by atoms with Crippen LogP contribution in [0.2, 0.25) is 0 Å². The van der Waals surface area contributed by atoms with Gasteiger partial charge in [-0.2, -0.15) is 4.98 Å². The summed E-state index contributed by atoms with van der Waals surface area (Å²) in [6, 6.07) is 0. The summed E-state index contributed by atoms with van der Waals surface area (Å²) >= 11 is 0. The number of ether oxygens (including phenoxy) is 1. The van der Waals surface area contributed by atoms with Crippen molar-refractivity contribution in [3.63, 3.8) is 0 Å². The highest BCUT2D eigenvalue weighted by atomic mass is 16.5. The van der Waals surface area contributed by atoms with E-state index < -0.39 is 0 Å². The van der Waals surface area contributed by atoms with Gasteiger partial charge in [-0.3, -0.25) is 0 Å². The highest BCUT2D eigenvalue weighted by Gasteiger charge is 2.10. The molecule has 0 saturated heterocycles. The third-order valence-corrected chi connectivity index (χ3v) is 1.99. The number of anilines is 2. The third kappa shape index (κ3) is 2.97. The lowest BCUT2D eigenvalue weighted by atomic mass is 10.4. The first kappa shape index (κ1) is 11.6. The standard InChI is InChI=1S/C10H18N4O/c1-4-5-6-15-10-8(11)9(14(2)3)12-7-13-10/h7H,4-6,11H2,1-3H3. The molecular formula is C10H18N4O. The molecule has 0 aliphatic rings. The molecular weight excluding hydrogens is 192 g/mol. The van der Waals surface area contributed by atoms with E-state index in [1.807, 2.05) is 19.0 Å². The molecule has 1 aromatic rings. The maximum atomic E-state index is 5.87. The van der Waals surface area contributed by atoms with Crippen molar-refractivity contribution >= 4 is 11.5 Å². The number of nitrogens with two attached hydrogens (primary N) is 1. The molecule has 15 heavy (non-hydrogen) atoms. The molecule has 0 radical (unpaired) electrons. The molecule has 2 N–H and O–H groups in total. The Labute approximate surface area is 90.3 Å². The number of nitrogens with zero attached hydrogens (tertiary/aromatic N) is 3. The molecule has 0 aliphatic heterocycles. The number of hydrogen-bond acceptors (Lipinski definition) is 5. The minimum atomic E-state index is 0.474. The van der Waals surface area contributed by atoms with Gasteiger partial charge in [0.2, 0.25) is 5.88 Å². The summed E-state index contributed by atoms with van der Waals surface area (Å²) in [7, 11) is 3.77. The minimum absolute atomic E-state index is 0.474. The van der Waals surface area contributed by atoms with Gasteiger partial charge in [-0.1, -0.05) is 13.3 Å². The summed E-state index contributed by atoms with van der Waals surface area (Å²) in [4.78, 5) is 9.92. The summed E-state index contributed by atoms with van der Waals surface area (Å²) in [6.07, 6.45) is 3.55. The number of unbranched alkanes of at least 4 members (excludes halogenated alkanes) is 1. The molecule has 0 atom stereocenters. The lowest BCUT2D eigenvalue weighted by molar-refractivity contribution is 0.299. The number of nitrogen functional groups attached to an aromatic ring is 1. The molecule has 5 heteroatoms. The summed E-state index contributed by atoms with van der Waals surface area (Å²) in [5.41, 5.74) is 6.37. The van der Waals surface area contributed by atoms with Gasteiger partial charge in [0.25, 0.3) is 0 Å². The first-order valence-electron chi connectivity index (χ1n) is 5.07. The van der Waals surface area contributed by atoms with Crippen LogP contribution in [-0.4, -0.2) is 30.7 Å². The van der Waals surface area contributed by atoms with E-state index in [-0.39, 0.29) is 0 Å². The van der Waals surface area contributed by atoms with Gasteiger partial charge in [0.15, 0.2) is 5.82 Å². The Morgan fingerprint density at radius 1 is 1.40 bits per heavy atom. The molecule has 1 heterocycles. The van der Waals surface area contributed by atoms with Crippen LogP contribution in [0.25, 0.3) is 0 Å². The van der Waals surface area contributed by atoms with Gasteiger partial charge in [0, 0.05) is 14.1 Å². The van der Waals surface area contributed by atoms with Crippen molar-refractivity contribution in [3.05, 3.63) is 6.33 Å². The predicted octanol–water partition coefficient (Wildman–Crippen LogP) is 1.30. The van der Waals surface area contributed by atoms with Crippen molar-refractivity contribution in [1.82, 2.24) is 9.97 Å². The van der Waals surface area contributed by atoms with Crippen molar-refractivity contribution in [3.8, 4) is 5.88 Å². The fraction of sp³-hybridized carbons (Fsp3) is 0.600. The number of rotatable bonds is 5. The van der Waals surface area contributed by atoms with E-state index in [2.05, 4.69) is 16.9 Å². The van der Waals surface area contributed by atoms with Crippen LogP contribution in [0.3, 0.4) is 0 Å². The Bertz CT molecular complexity index is 314. The molecule has 0 fully saturated rings. The van der Waals surface area contributed by atoms with Crippen LogP contribution >= 0.6 is 0 Å². The molecule has 0 spiro atoms. The second-order valence-electron chi connectivity index (χ2n) is 3.51. The van der Waals surface area contributed by atoms with Crippen LogP contribution in [0.5, 0.6) is 5.88 Å². The zero-order valence-electron chi connectivity index (χ0n) is 9.53. The predicted molar refractivity (Wildman–Crippen MR) is 61.2 cm³/mol. The molecule has 0 aromatic carbocycles. The largest absolute Gasteiger partial charge is 0.476 e. The topological polar surface area (TPSA) is 64.3 Å². The van der Waals surface area contributed by atoms with E-state index in [9.17, 15) is 0 Å². The molecule has 1 aromatic heterocycles. The Balaban J connectivity index is 2.75. The van der Waals surface area contributed by atoms with Crippen LogP contribution in [0, 0.1) is 0 Å². The Hall–Kier alpha value is -1.52. The summed E-state index contributed by atoms with van der Waals surface area (Å²) < 4.78 is 5.47. The van der Waals surface area contributed by atoms with Crippen molar-refractivity contribution in [1.29, 1.82) is 0 Å². The van der Waals surface area contributed by atoms with Gasteiger partial charge in [-0.15, -0.1) is 0 Å². The van der Waals surface area contributed by atoms with Crippen molar-refractivity contribution < 1.29 is 4.74 Å². The van der Waals surface area contributed by atoms with Gasteiger partial charge < -0.3 is 15.4 Å². The van der Waals surface area contributed by atoms with Gasteiger partial charge in [0.05, 0.1) is 6.61 Å². The average Bonchev–Trinajstić information content (AvgIpc) is 2.20. The van der Waals surface area contributed by atoms with Crippen LogP contribution in [0.15, 0.2) is 6.33 Å². The second kappa shape index (κ2) is 5.38. The lowest BCUT2D eigenvalue weighted by Crippen LogP contribution is -2.14. The SMILES string of the molecule is CCCCOc1ncnc(N(C)C)c1N. The summed E-state index contributed by atoms with van der Waals surface area (Å²) in [5.74, 6) is 1.17. The van der Waals surface area contributed by atoms with Gasteiger partial charge in [0.1, 0.15) is 12.0 Å². The molecule has 84 valence electrons. The van der Waals surface area contributed by atoms with E-state index in [0.29, 0.717) is 24.0 Å². The molecule has 0 unspecified atom stereocenters. The molecule has 1 rings (SSSR count). The van der Waals surface area contributed by atoms with Crippen LogP contribution in [0.1, 0.15) is 19.8 Å². The maximum Gasteiger partial charge on any atom is 0.242 e. The molecule has 0 aliphatic carbocycles. The monoisotopic (exact) mass is 210 g/mol. The van der Waals surface area contributed by atoms with E-state index in [1.54, 1.807) is 0 Å². The van der Waals surface area contributed by atoms with E-state index >= 15 is 0 Å². The molecule has 0 bridgehead atoms. The maximum absolute atomic E-state index is 5.87. The normalized spacial score (nSPS) is 10.1. The fourth-order valence-corrected chi connectivity index (χ4v) is 1.16. The average molecular weight is 210 g/mol. The minimum Gasteiger partial charge on any atom is -0.476 e. The second-order valence-corrected chi connectivity index (χ2v) is 3.51. The Morgan fingerprint density at radius 3 is 2.73 bits per heavy atom. The van der Waals surface area contributed by atoms with E-state index in [0.717, 1.165) is 12.8 Å². The zero-order chi connectivity index (χ0) is 11.3. The number of hydrogen-bond donors (Lipinski definition) is 1. The first-order valence-corrected chi connectivity index (χ1v) is 5.07. The van der Waals surface area contributed by atoms with Gasteiger partial charge in [-0.05, 0) is 6.42 Å². The Kier molecular flexibility index (Phi) is 4.15. The summed E-state index contributed by atoms with van der Waals surface area (Å²) in [6.45, 7) is 2.75. The number of aromatic nitrogens is 2. The van der Waals surface area contributed by atoms with Crippen molar-refractivity contribution in [2.24, 2.45) is 0 Å².